The minimum absolute atomic E-state index is 0.0800. The Morgan fingerprint density at radius 2 is 1.76 bits per heavy atom. The lowest BCUT2D eigenvalue weighted by Crippen LogP contribution is -2.43. The van der Waals surface area contributed by atoms with Gasteiger partial charge in [0, 0.05) is 13.1 Å². The molecule has 7 heteroatoms. The Bertz CT molecular complexity index is 1160. The summed E-state index contributed by atoms with van der Waals surface area (Å²) in [6.45, 7) is 4.70. The summed E-state index contributed by atoms with van der Waals surface area (Å²) < 4.78 is 5.68. The maximum atomic E-state index is 13.3. The highest BCUT2D eigenvalue weighted by atomic mass is 35.5. The van der Waals surface area contributed by atoms with Gasteiger partial charge in [-0.15, -0.1) is 11.6 Å². The van der Waals surface area contributed by atoms with E-state index in [0.29, 0.717) is 29.6 Å². The van der Waals surface area contributed by atoms with E-state index < -0.39 is 0 Å². The molecule has 0 N–H and O–H groups in total. The summed E-state index contributed by atoms with van der Waals surface area (Å²) in [5, 5.41) is 0.488. The molecular formula is C26H29ClN2O4. The van der Waals surface area contributed by atoms with Crippen LogP contribution in [0.15, 0.2) is 64.0 Å². The number of hydrogen-bond donors (Lipinski definition) is 0. The van der Waals surface area contributed by atoms with Gasteiger partial charge in [0.2, 0.25) is 11.8 Å². The normalized spacial score (nSPS) is 10.9. The van der Waals surface area contributed by atoms with Gasteiger partial charge >= 0.3 is 0 Å². The Kier molecular flexibility index (Phi) is 8.66. The average Bonchev–Trinajstić information content (AvgIpc) is 2.83. The van der Waals surface area contributed by atoms with Crippen LogP contribution in [0, 0.1) is 6.92 Å². The fraction of sp³-hybridized carbons (Fsp3) is 0.346. The maximum Gasteiger partial charge on any atom is 0.242 e. The van der Waals surface area contributed by atoms with Crippen molar-refractivity contribution in [3.8, 4) is 0 Å². The van der Waals surface area contributed by atoms with E-state index in [9.17, 15) is 14.4 Å². The Balaban J connectivity index is 1.90. The number of aryl methyl sites for hydroxylation is 1. The smallest absolute Gasteiger partial charge is 0.242 e. The standard InChI is InChI=1S/C26H29ClN2O4/c1-3-4-12-28(24(30)14-27)17-25(31)29(15-20-8-6-5-7-9-20)16-21-18-33-23-11-10-19(2)13-22(23)26(21)32/h5-11,13,18H,3-4,12,14-17H2,1-2H3. The van der Waals surface area contributed by atoms with Crippen LogP contribution in [0.25, 0.3) is 11.0 Å². The lowest BCUT2D eigenvalue weighted by molar-refractivity contribution is -0.140. The molecule has 0 saturated heterocycles. The Morgan fingerprint density at radius 1 is 1.00 bits per heavy atom. The molecule has 6 nitrogen and oxygen atoms in total. The molecular weight excluding hydrogens is 440 g/mol. The molecule has 0 spiro atoms. The zero-order valence-electron chi connectivity index (χ0n) is 19.1. The van der Waals surface area contributed by atoms with Gasteiger partial charge in [0.1, 0.15) is 11.5 Å². The van der Waals surface area contributed by atoms with Crippen molar-refractivity contribution in [2.24, 2.45) is 0 Å². The van der Waals surface area contributed by atoms with Gasteiger partial charge in [0.15, 0.2) is 5.43 Å². The van der Waals surface area contributed by atoms with Crippen molar-refractivity contribution in [2.75, 3.05) is 19.0 Å². The molecule has 0 atom stereocenters. The van der Waals surface area contributed by atoms with Gasteiger partial charge in [0.25, 0.3) is 0 Å². The molecule has 33 heavy (non-hydrogen) atoms. The van der Waals surface area contributed by atoms with Gasteiger partial charge in [-0.1, -0.05) is 55.3 Å². The number of fused-ring (bicyclic) bond motifs is 1. The van der Waals surface area contributed by atoms with Gasteiger partial charge in [-0.25, -0.2) is 0 Å². The Morgan fingerprint density at radius 3 is 2.45 bits per heavy atom. The highest BCUT2D eigenvalue weighted by Gasteiger charge is 2.22. The third-order valence-corrected chi connectivity index (χ3v) is 5.73. The summed E-state index contributed by atoms with van der Waals surface area (Å²) in [5.74, 6) is -0.709. The average molecular weight is 469 g/mol. The summed E-state index contributed by atoms with van der Waals surface area (Å²) in [4.78, 5) is 41.8. The van der Waals surface area contributed by atoms with Crippen LogP contribution in [-0.2, 0) is 22.7 Å². The van der Waals surface area contributed by atoms with Crippen LogP contribution < -0.4 is 5.43 Å². The SMILES string of the molecule is CCCCN(CC(=O)N(Cc1ccccc1)Cc1coc2ccc(C)cc2c1=O)C(=O)CCl. The fourth-order valence-electron chi connectivity index (χ4n) is 3.62. The van der Waals surface area contributed by atoms with Crippen molar-refractivity contribution in [1.82, 2.24) is 9.80 Å². The van der Waals surface area contributed by atoms with E-state index in [-0.39, 0.29) is 36.2 Å². The molecule has 0 aliphatic rings. The molecule has 174 valence electrons. The molecule has 3 aromatic rings. The van der Waals surface area contributed by atoms with Gasteiger partial charge < -0.3 is 14.2 Å². The zero-order valence-corrected chi connectivity index (χ0v) is 19.8. The van der Waals surface area contributed by atoms with Crippen LogP contribution in [0.4, 0.5) is 0 Å². The zero-order chi connectivity index (χ0) is 23.8. The summed E-state index contributed by atoms with van der Waals surface area (Å²) in [6, 6.07) is 15.0. The molecule has 1 aromatic heterocycles. The second kappa shape index (κ2) is 11.7. The number of hydrogen-bond acceptors (Lipinski definition) is 4. The first kappa shape index (κ1) is 24.5. The highest BCUT2D eigenvalue weighted by Crippen LogP contribution is 2.16. The number of carbonyl (C=O) groups excluding carboxylic acids is 2. The van der Waals surface area contributed by atoms with Crippen LogP contribution in [-0.4, -0.2) is 40.6 Å². The van der Waals surface area contributed by atoms with E-state index in [1.807, 2.05) is 50.2 Å². The van der Waals surface area contributed by atoms with Crippen LogP contribution in [0.1, 0.15) is 36.5 Å². The first-order valence-corrected chi connectivity index (χ1v) is 11.6. The monoisotopic (exact) mass is 468 g/mol. The molecule has 0 aliphatic carbocycles. The van der Waals surface area contributed by atoms with Gasteiger partial charge in [-0.05, 0) is 31.0 Å². The Labute approximate surface area is 198 Å². The summed E-state index contributed by atoms with van der Waals surface area (Å²) in [6.07, 6.45) is 3.10. The number of carbonyl (C=O) groups is 2. The van der Waals surface area contributed by atoms with Crippen molar-refractivity contribution in [3.63, 3.8) is 0 Å². The second-order valence-electron chi connectivity index (χ2n) is 8.13. The predicted octanol–water partition coefficient (Wildman–Crippen LogP) is 4.50. The molecule has 2 aromatic carbocycles. The molecule has 0 fully saturated rings. The molecule has 2 amide bonds. The predicted molar refractivity (Wildman–Crippen MR) is 130 cm³/mol. The van der Waals surface area contributed by atoms with E-state index >= 15 is 0 Å². The molecule has 0 radical (unpaired) electrons. The van der Waals surface area contributed by atoms with E-state index in [2.05, 4.69) is 0 Å². The minimum Gasteiger partial charge on any atom is -0.464 e. The minimum atomic E-state index is -0.279. The van der Waals surface area contributed by atoms with Crippen molar-refractivity contribution < 1.29 is 14.0 Å². The molecule has 3 rings (SSSR count). The van der Waals surface area contributed by atoms with E-state index in [1.165, 1.54) is 11.2 Å². The molecule has 0 bridgehead atoms. The molecule has 0 unspecified atom stereocenters. The van der Waals surface area contributed by atoms with Gasteiger partial charge in [-0.2, -0.15) is 0 Å². The summed E-state index contributed by atoms with van der Waals surface area (Å²) in [5.41, 5.74) is 2.62. The topological polar surface area (TPSA) is 70.8 Å². The molecule has 0 saturated carbocycles. The third-order valence-electron chi connectivity index (χ3n) is 5.50. The number of benzene rings is 2. The summed E-state index contributed by atoms with van der Waals surface area (Å²) >= 11 is 5.77. The fourth-order valence-corrected chi connectivity index (χ4v) is 3.79. The largest absolute Gasteiger partial charge is 0.464 e. The number of nitrogens with zero attached hydrogens (tertiary/aromatic N) is 2. The first-order chi connectivity index (χ1) is 15.9. The third kappa shape index (κ3) is 6.45. The van der Waals surface area contributed by atoms with Crippen LogP contribution in [0.3, 0.4) is 0 Å². The summed E-state index contributed by atoms with van der Waals surface area (Å²) in [7, 11) is 0. The quantitative estimate of drug-likeness (QED) is 0.411. The lowest BCUT2D eigenvalue weighted by Gasteiger charge is -2.27. The van der Waals surface area contributed by atoms with Crippen LogP contribution in [0.5, 0.6) is 0 Å². The lowest BCUT2D eigenvalue weighted by atomic mass is 10.1. The van der Waals surface area contributed by atoms with Crippen molar-refractivity contribution in [2.45, 2.75) is 39.8 Å². The van der Waals surface area contributed by atoms with Crippen LogP contribution in [0.2, 0.25) is 0 Å². The van der Waals surface area contributed by atoms with Crippen molar-refractivity contribution >= 4 is 34.4 Å². The first-order valence-electron chi connectivity index (χ1n) is 11.1. The van der Waals surface area contributed by atoms with E-state index in [1.54, 1.807) is 17.0 Å². The molecule has 1 heterocycles. The van der Waals surface area contributed by atoms with E-state index in [0.717, 1.165) is 24.0 Å². The highest BCUT2D eigenvalue weighted by molar-refractivity contribution is 6.27. The number of amides is 2. The number of rotatable bonds is 10. The van der Waals surface area contributed by atoms with Crippen molar-refractivity contribution in [3.05, 3.63) is 81.7 Å². The number of alkyl halides is 1. The van der Waals surface area contributed by atoms with Crippen molar-refractivity contribution in [1.29, 1.82) is 0 Å². The van der Waals surface area contributed by atoms with E-state index in [4.69, 9.17) is 16.0 Å². The van der Waals surface area contributed by atoms with Gasteiger partial charge in [0.05, 0.1) is 30.3 Å². The number of unbranched alkanes of at least 4 members (excludes halogenated alkanes) is 1. The maximum absolute atomic E-state index is 13.3. The second-order valence-corrected chi connectivity index (χ2v) is 8.39. The molecule has 0 aliphatic heterocycles. The van der Waals surface area contributed by atoms with Gasteiger partial charge in [-0.3, -0.25) is 14.4 Å². The van der Waals surface area contributed by atoms with Crippen LogP contribution >= 0.6 is 11.6 Å². The number of halogens is 1. The Hall–Kier alpha value is -3.12.